The van der Waals surface area contributed by atoms with Crippen LogP contribution < -0.4 is 10.6 Å². The first kappa shape index (κ1) is 24.7. The monoisotopic (exact) mass is 469 g/mol. The molecule has 0 aromatic heterocycles. The topological polar surface area (TPSA) is 95.6 Å². The Morgan fingerprint density at radius 1 is 1.06 bits per heavy atom. The van der Waals surface area contributed by atoms with Crippen LogP contribution in [0.25, 0.3) is 0 Å². The zero-order chi connectivity index (χ0) is 23.7. The van der Waals surface area contributed by atoms with Crippen molar-refractivity contribution in [3.63, 3.8) is 0 Å². The molecule has 2 aromatic rings. The number of aryl methyl sites for hydroxylation is 1. The zero-order valence-electron chi connectivity index (χ0n) is 18.7. The van der Waals surface area contributed by atoms with Gasteiger partial charge in [-0.25, -0.2) is 8.42 Å². The third kappa shape index (κ3) is 7.00. The predicted octanol–water partition coefficient (Wildman–Crippen LogP) is 2.89. The van der Waals surface area contributed by atoms with Crippen LogP contribution in [0.1, 0.15) is 41.6 Å². The van der Waals surface area contributed by atoms with E-state index >= 15 is 0 Å². The van der Waals surface area contributed by atoms with Crippen LogP contribution in [0.3, 0.4) is 0 Å². The fraction of sp³-hybridized carbons (Fsp3) is 0.360. The number of carbonyl (C=O) groups is 2. The summed E-state index contributed by atoms with van der Waals surface area (Å²) in [5.74, 6) is -0.535. The van der Waals surface area contributed by atoms with Crippen LogP contribution >= 0.6 is 0 Å². The lowest BCUT2D eigenvalue weighted by Gasteiger charge is -2.24. The van der Waals surface area contributed by atoms with E-state index in [1.807, 2.05) is 18.2 Å². The van der Waals surface area contributed by atoms with Crippen molar-refractivity contribution in [3.8, 4) is 0 Å². The van der Waals surface area contributed by atoms with E-state index in [-0.39, 0.29) is 29.3 Å². The van der Waals surface area contributed by atoms with Gasteiger partial charge in [-0.15, -0.1) is 0 Å². The van der Waals surface area contributed by atoms with Crippen molar-refractivity contribution in [2.24, 2.45) is 0 Å². The molecule has 0 saturated carbocycles. The Kier molecular flexibility index (Phi) is 8.79. The fourth-order valence-electron chi connectivity index (χ4n) is 3.87. The molecule has 8 heteroatoms. The Morgan fingerprint density at radius 2 is 1.79 bits per heavy atom. The molecular formula is C25H31N3O4S. The Balaban J connectivity index is 1.57. The van der Waals surface area contributed by atoms with Crippen LogP contribution in [0.2, 0.25) is 0 Å². The van der Waals surface area contributed by atoms with Gasteiger partial charge in [0.2, 0.25) is 15.9 Å². The Hall–Kier alpha value is -2.97. The van der Waals surface area contributed by atoms with Crippen molar-refractivity contribution in [2.45, 2.75) is 43.0 Å². The lowest BCUT2D eigenvalue weighted by Crippen LogP contribution is -2.44. The van der Waals surface area contributed by atoms with E-state index in [0.717, 1.165) is 32.1 Å². The quantitative estimate of drug-likeness (QED) is 0.436. The summed E-state index contributed by atoms with van der Waals surface area (Å²) in [5, 5.41) is 5.69. The van der Waals surface area contributed by atoms with E-state index in [2.05, 4.69) is 29.3 Å². The highest BCUT2D eigenvalue weighted by Gasteiger charge is 2.29. The van der Waals surface area contributed by atoms with E-state index in [9.17, 15) is 18.0 Å². The third-order valence-electron chi connectivity index (χ3n) is 5.69. The van der Waals surface area contributed by atoms with Gasteiger partial charge in [0.1, 0.15) is 0 Å². The number of carbonyl (C=O) groups excluding carboxylic acids is 2. The second-order valence-electron chi connectivity index (χ2n) is 8.14. The molecule has 1 saturated heterocycles. The van der Waals surface area contributed by atoms with Crippen molar-refractivity contribution < 1.29 is 18.0 Å². The molecule has 3 rings (SSSR count). The lowest BCUT2D eigenvalue weighted by atomic mass is 10.1. The number of nitrogens with one attached hydrogen (secondary N) is 2. The summed E-state index contributed by atoms with van der Waals surface area (Å²) < 4.78 is 27.7. The number of benzene rings is 2. The van der Waals surface area contributed by atoms with Crippen LogP contribution in [0.4, 0.5) is 0 Å². The van der Waals surface area contributed by atoms with E-state index in [4.69, 9.17) is 0 Å². The molecule has 1 heterocycles. The summed E-state index contributed by atoms with van der Waals surface area (Å²) in [4.78, 5) is 24.2. The van der Waals surface area contributed by atoms with Gasteiger partial charge in [-0.2, -0.15) is 4.31 Å². The maximum Gasteiger partial charge on any atom is 0.251 e. The first-order valence-corrected chi connectivity index (χ1v) is 12.7. The minimum absolute atomic E-state index is 0.138. The smallest absolute Gasteiger partial charge is 0.251 e. The molecule has 0 bridgehead atoms. The predicted molar refractivity (Wildman–Crippen MR) is 128 cm³/mol. The van der Waals surface area contributed by atoms with Crippen molar-refractivity contribution in [1.82, 2.24) is 14.9 Å². The average Bonchev–Trinajstić information content (AvgIpc) is 3.08. The van der Waals surface area contributed by atoms with Gasteiger partial charge in [0.05, 0.1) is 4.90 Å². The van der Waals surface area contributed by atoms with Crippen LogP contribution in [-0.2, 0) is 21.2 Å². The summed E-state index contributed by atoms with van der Waals surface area (Å²) in [6, 6.07) is 15.8. The van der Waals surface area contributed by atoms with Crippen molar-refractivity contribution in [1.29, 1.82) is 0 Å². The highest BCUT2D eigenvalue weighted by atomic mass is 32.2. The molecule has 7 nitrogen and oxygen atoms in total. The normalized spacial score (nSPS) is 17.0. The van der Waals surface area contributed by atoms with Gasteiger partial charge < -0.3 is 10.6 Å². The van der Waals surface area contributed by atoms with Gasteiger partial charge >= 0.3 is 0 Å². The van der Waals surface area contributed by atoms with Crippen molar-refractivity contribution in [2.75, 3.05) is 19.6 Å². The lowest BCUT2D eigenvalue weighted by molar-refractivity contribution is -0.117. The van der Waals surface area contributed by atoms with Gasteiger partial charge in [0.15, 0.2) is 0 Å². The van der Waals surface area contributed by atoms with Crippen molar-refractivity contribution in [3.05, 3.63) is 78.4 Å². The number of hydrogen-bond acceptors (Lipinski definition) is 4. The highest BCUT2D eigenvalue weighted by Crippen LogP contribution is 2.21. The molecular weight excluding hydrogens is 438 g/mol. The summed E-state index contributed by atoms with van der Waals surface area (Å²) in [6.07, 6.45) is 5.16. The molecule has 176 valence electrons. The standard InChI is InChI=1S/C25H31N3O4S/c1-2-24(29)27-22-12-6-7-18-28(19-22)33(31,32)23-15-13-21(14-16-23)25(30)26-17-8-11-20-9-4-3-5-10-20/h2-5,9-10,13-16,22H,1,6-8,11-12,17-19H2,(H,26,30)(H,27,29). The summed E-state index contributed by atoms with van der Waals surface area (Å²) in [7, 11) is -3.73. The number of hydrogen-bond donors (Lipinski definition) is 2. The van der Waals surface area contributed by atoms with Crippen LogP contribution in [0, 0.1) is 0 Å². The molecule has 0 radical (unpaired) electrons. The minimum Gasteiger partial charge on any atom is -0.352 e. The molecule has 33 heavy (non-hydrogen) atoms. The minimum atomic E-state index is -3.73. The molecule has 0 spiro atoms. The Morgan fingerprint density at radius 3 is 2.48 bits per heavy atom. The number of sulfonamides is 1. The van der Waals surface area contributed by atoms with E-state index < -0.39 is 10.0 Å². The molecule has 2 amide bonds. The molecule has 2 aromatic carbocycles. The van der Waals surface area contributed by atoms with E-state index in [1.165, 1.54) is 40.2 Å². The third-order valence-corrected chi connectivity index (χ3v) is 7.57. The number of rotatable bonds is 9. The summed E-state index contributed by atoms with van der Waals surface area (Å²) in [5.41, 5.74) is 1.64. The maximum atomic E-state index is 13.2. The van der Waals surface area contributed by atoms with Gasteiger partial charge in [-0.1, -0.05) is 43.3 Å². The first-order chi connectivity index (χ1) is 15.9. The van der Waals surface area contributed by atoms with Gasteiger partial charge in [0, 0.05) is 31.2 Å². The molecule has 0 aliphatic carbocycles. The molecule has 2 N–H and O–H groups in total. The fourth-order valence-corrected chi connectivity index (χ4v) is 5.40. The maximum absolute atomic E-state index is 13.2. The molecule has 1 fully saturated rings. The Labute approximate surface area is 195 Å². The summed E-state index contributed by atoms with van der Waals surface area (Å²) in [6.45, 7) is 4.60. The van der Waals surface area contributed by atoms with Gasteiger partial charge in [-0.3, -0.25) is 9.59 Å². The summed E-state index contributed by atoms with van der Waals surface area (Å²) >= 11 is 0. The number of nitrogens with zero attached hydrogens (tertiary/aromatic N) is 1. The van der Waals surface area contributed by atoms with Crippen LogP contribution in [0.5, 0.6) is 0 Å². The van der Waals surface area contributed by atoms with Crippen LogP contribution in [0.15, 0.2) is 72.1 Å². The highest BCUT2D eigenvalue weighted by molar-refractivity contribution is 7.89. The largest absolute Gasteiger partial charge is 0.352 e. The second kappa shape index (κ2) is 11.8. The SMILES string of the molecule is C=CC(=O)NC1CCCCN(S(=O)(=O)c2ccc(C(=O)NCCCc3ccccc3)cc2)C1. The average molecular weight is 470 g/mol. The number of amides is 2. The second-order valence-corrected chi connectivity index (χ2v) is 10.1. The van der Waals surface area contributed by atoms with E-state index in [1.54, 1.807) is 0 Å². The van der Waals surface area contributed by atoms with Gasteiger partial charge in [-0.05, 0) is 61.6 Å². The molecule has 1 unspecified atom stereocenters. The molecule has 1 atom stereocenters. The van der Waals surface area contributed by atoms with E-state index in [0.29, 0.717) is 18.7 Å². The van der Waals surface area contributed by atoms with Crippen LogP contribution in [-0.4, -0.2) is 50.2 Å². The molecule has 1 aliphatic heterocycles. The Bertz CT molecular complexity index is 1050. The van der Waals surface area contributed by atoms with Gasteiger partial charge in [0.25, 0.3) is 5.91 Å². The zero-order valence-corrected chi connectivity index (χ0v) is 19.5. The first-order valence-electron chi connectivity index (χ1n) is 11.3. The van der Waals surface area contributed by atoms with Crippen molar-refractivity contribution >= 4 is 21.8 Å². The molecule has 1 aliphatic rings.